The summed E-state index contributed by atoms with van der Waals surface area (Å²) in [5.41, 5.74) is 0. The van der Waals surface area contributed by atoms with Crippen molar-refractivity contribution in [1.82, 2.24) is 10.6 Å². The van der Waals surface area contributed by atoms with Gasteiger partial charge in [-0.1, -0.05) is 0 Å². The lowest BCUT2D eigenvalue weighted by molar-refractivity contribution is 0.0165. The average molecular weight is 293 g/mol. The van der Waals surface area contributed by atoms with Crippen molar-refractivity contribution in [2.75, 3.05) is 13.2 Å². The van der Waals surface area contributed by atoms with Gasteiger partial charge < -0.3 is 19.8 Å². The van der Waals surface area contributed by atoms with E-state index in [2.05, 4.69) is 36.4 Å². The molecule has 0 spiro atoms. The van der Waals surface area contributed by atoms with Crippen LogP contribution in [0.3, 0.4) is 0 Å². The highest BCUT2D eigenvalue weighted by Gasteiger charge is 2.20. The molecule has 1 aromatic rings. The predicted octanol–water partition coefficient (Wildman–Crippen LogP) is 2.33. The highest BCUT2D eigenvalue weighted by Crippen LogP contribution is 2.13. The van der Waals surface area contributed by atoms with Crippen molar-refractivity contribution in [2.45, 2.75) is 58.2 Å². The van der Waals surface area contributed by atoms with Gasteiger partial charge in [0.05, 0.1) is 12.4 Å². The fourth-order valence-corrected chi connectivity index (χ4v) is 2.46. The van der Waals surface area contributed by atoms with Crippen molar-refractivity contribution in [3.63, 3.8) is 0 Å². The molecule has 0 saturated carbocycles. The van der Waals surface area contributed by atoms with Gasteiger partial charge in [-0.05, 0) is 45.7 Å². The largest absolute Gasteiger partial charge is 0.469 e. The molecule has 0 radical (unpaired) electrons. The van der Waals surface area contributed by atoms with Crippen molar-refractivity contribution in [1.29, 1.82) is 0 Å². The van der Waals surface area contributed by atoms with Gasteiger partial charge in [-0.2, -0.15) is 0 Å². The molecule has 0 bridgehead atoms. The lowest BCUT2D eigenvalue weighted by Crippen LogP contribution is -2.48. The molecule has 1 aliphatic heterocycles. The summed E-state index contributed by atoms with van der Waals surface area (Å²) in [5.74, 6) is 1.86. The molecule has 2 atom stereocenters. The SMILES string of the molecule is CC(C)NC(=NCCc1ccco1)NC1CCOC(C)C1. The Balaban J connectivity index is 1.86. The summed E-state index contributed by atoms with van der Waals surface area (Å²) in [4.78, 5) is 4.65. The lowest BCUT2D eigenvalue weighted by Gasteiger charge is -2.29. The summed E-state index contributed by atoms with van der Waals surface area (Å²) in [7, 11) is 0. The van der Waals surface area contributed by atoms with Crippen LogP contribution >= 0.6 is 0 Å². The average Bonchev–Trinajstić information content (AvgIpc) is 2.91. The topological polar surface area (TPSA) is 58.8 Å². The quantitative estimate of drug-likeness (QED) is 0.646. The summed E-state index contributed by atoms with van der Waals surface area (Å²) < 4.78 is 10.9. The minimum Gasteiger partial charge on any atom is -0.469 e. The van der Waals surface area contributed by atoms with Crippen LogP contribution in [0.2, 0.25) is 0 Å². The van der Waals surface area contributed by atoms with E-state index in [0.717, 1.165) is 37.6 Å². The Morgan fingerprint density at radius 2 is 2.33 bits per heavy atom. The molecule has 1 saturated heterocycles. The van der Waals surface area contributed by atoms with Crippen LogP contribution in [-0.2, 0) is 11.2 Å². The predicted molar refractivity (Wildman–Crippen MR) is 84.6 cm³/mol. The van der Waals surface area contributed by atoms with Gasteiger partial charge in [-0.25, -0.2) is 0 Å². The summed E-state index contributed by atoms with van der Waals surface area (Å²) in [6.07, 6.45) is 4.90. The molecule has 2 N–H and O–H groups in total. The number of guanidine groups is 1. The maximum Gasteiger partial charge on any atom is 0.191 e. The van der Waals surface area contributed by atoms with Crippen LogP contribution in [0, 0.1) is 0 Å². The maximum absolute atomic E-state index is 5.59. The van der Waals surface area contributed by atoms with Gasteiger partial charge in [0.15, 0.2) is 5.96 Å². The molecule has 2 unspecified atom stereocenters. The number of ether oxygens (including phenoxy) is 1. The highest BCUT2D eigenvalue weighted by atomic mass is 16.5. The number of rotatable bonds is 5. The Morgan fingerprint density at radius 1 is 1.48 bits per heavy atom. The second-order valence-electron chi connectivity index (χ2n) is 5.91. The fourth-order valence-electron chi connectivity index (χ4n) is 2.46. The van der Waals surface area contributed by atoms with Crippen LogP contribution in [0.15, 0.2) is 27.8 Å². The molecular weight excluding hydrogens is 266 g/mol. The minimum atomic E-state index is 0.319. The summed E-state index contributed by atoms with van der Waals surface area (Å²) in [6.45, 7) is 7.90. The Labute approximate surface area is 127 Å². The van der Waals surface area contributed by atoms with E-state index in [1.807, 2.05) is 12.1 Å². The van der Waals surface area contributed by atoms with Gasteiger partial charge >= 0.3 is 0 Å². The summed E-state index contributed by atoms with van der Waals surface area (Å²) in [5, 5.41) is 6.92. The number of nitrogens with one attached hydrogen (secondary N) is 2. The van der Waals surface area contributed by atoms with Gasteiger partial charge in [0, 0.05) is 31.7 Å². The van der Waals surface area contributed by atoms with E-state index in [0.29, 0.717) is 24.7 Å². The van der Waals surface area contributed by atoms with Gasteiger partial charge in [-0.15, -0.1) is 0 Å². The summed E-state index contributed by atoms with van der Waals surface area (Å²) in [6, 6.07) is 4.69. The maximum atomic E-state index is 5.59. The number of nitrogens with zero attached hydrogens (tertiary/aromatic N) is 1. The summed E-state index contributed by atoms with van der Waals surface area (Å²) >= 11 is 0. The zero-order valence-electron chi connectivity index (χ0n) is 13.3. The molecule has 5 heteroatoms. The molecule has 118 valence electrons. The van der Waals surface area contributed by atoms with Crippen LogP contribution in [0.4, 0.5) is 0 Å². The van der Waals surface area contributed by atoms with Crippen LogP contribution < -0.4 is 10.6 Å². The molecule has 1 aromatic heterocycles. The van der Waals surface area contributed by atoms with Gasteiger partial charge in [0.25, 0.3) is 0 Å². The zero-order chi connectivity index (χ0) is 15.1. The van der Waals surface area contributed by atoms with Crippen LogP contribution in [0.5, 0.6) is 0 Å². The van der Waals surface area contributed by atoms with Gasteiger partial charge in [0.2, 0.25) is 0 Å². The van der Waals surface area contributed by atoms with Crippen molar-refractivity contribution >= 4 is 5.96 Å². The first-order chi connectivity index (χ1) is 10.1. The fraction of sp³-hybridized carbons (Fsp3) is 0.688. The molecule has 0 aromatic carbocycles. The number of hydrogen-bond donors (Lipinski definition) is 2. The highest BCUT2D eigenvalue weighted by molar-refractivity contribution is 5.80. The Morgan fingerprint density at radius 3 is 3.00 bits per heavy atom. The molecule has 2 heterocycles. The van der Waals surface area contributed by atoms with E-state index in [1.54, 1.807) is 6.26 Å². The van der Waals surface area contributed by atoms with Gasteiger partial charge in [0.1, 0.15) is 5.76 Å². The van der Waals surface area contributed by atoms with E-state index < -0.39 is 0 Å². The second-order valence-corrected chi connectivity index (χ2v) is 5.91. The van der Waals surface area contributed by atoms with Crippen molar-refractivity contribution < 1.29 is 9.15 Å². The van der Waals surface area contributed by atoms with E-state index >= 15 is 0 Å². The standard InChI is InChI=1S/C16H27N3O2/c1-12(2)18-16(17-8-6-15-5-4-9-21-15)19-14-7-10-20-13(3)11-14/h4-5,9,12-14H,6-8,10-11H2,1-3H3,(H2,17,18,19). The molecule has 0 amide bonds. The Bertz CT molecular complexity index is 429. The van der Waals surface area contributed by atoms with E-state index in [9.17, 15) is 0 Å². The van der Waals surface area contributed by atoms with Crippen LogP contribution in [-0.4, -0.2) is 37.3 Å². The Kier molecular flexibility index (Phi) is 6.11. The first kappa shape index (κ1) is 15.9. The molecule has 0 aliphatic carbocycles. The number of hydrogen-bond acceptors (Lipinski definition) is 3. The zero-order valence-corrected chi connectivity index (χ0v) is 13.3. The van der Waals surface area contributed by atoms with Crippen LogP contribution in [0.25, 0.3) is 0 Å². The molecule has 5 nitrogen and oxygen atoms in total. The molecule has 21 heavy (non-hydrogen) atoms. The van der Waals surface area contributed by atoms with Crippen molar-refractivity contribution in [3.8, 4) is 0 Å². The molecule has 1 fully saturated rings. The number of aliphatic imine (C=N–C) groups is 1. The van der Waals surface area contributed by atoms with Gasteiger partial charge in [-0.3, -0.25) is 4.99 Å². The third kappa shape index (κ3) is 5.79. The monoisotopic (exact) mass is 293 g/mol. The van der Waals surface area contributed by atoms with E-state index in [1.165, 1.54) is 0 Å². The van der Waals surface area contributed by atoms with E-state index in [-0.39, 0.29) is 0 Å². The third-order valence-corrected chi connectivity index (χ3v) is 3.46. The van der Waals surface area contributed by atoms with E-state index in [4.69, 9.17) is 9.15 Å². The first-order valence-corrected chi connectivity index (χ1v) is 7.85. The molecule has 2 rings (SSSR count). The first-order valence-electron chi connectivity index (χ1n) is 7.85. The normalized spacial score (nSPS) is 23.3. The smallest absolute Gasteiger partial charge is 0.191 e. The third-order valence-electron chi connectivity index (χ3n) is 3.46. The second kappa shape index (κ2) is 8.08. The minimum absolute atomic E-state index is 0.319. The number of furan rings is 1. The molecule has 1 aliphatic rings. The lowest BCUT2D eigenvalue weighted by atomic mass is 10.0. The van der Waals surface area contributed by atoms with Crippen molar-refractivity contribution in [3.05, 3.63) is 24.2 Å². The Hall–Kier alpha value is -1.49. The van der Waals surface area contributed by atoms with Crippen molar-refractivity contribution in [2.24, 2.45) is 4.99 Å². The molecular formula is C16H27N3O2. The van der Waals surface area contributed by atoms with Crippen LogP contribution in [0.1, 0.15) is 39.4 Å².